The number of anilines is 1. The molecule has 0 bridgehead atoms. The zero-order chi connectivity index (χ0) is 11.4. The maximum Gasteiger partial charge on any atom is 0.0489 e. The summed E-state index contributed by atoms with van der Waals surface area (Å²) in [4.78, 5) is 0. The minimum Gasteiger partial charge on any atom is -0.381 e. The Labute approximate surface area is 101 Å². The average Bonchev–Trinajstić information content (AvgIpc) is 2.19. The van der Waals surface area contributed by atoms with Gasteiger partial charge in [-0.05, 0) is 46.8 Å². The lowest BCUT2D eigenvalue weighted by Crippen LogP contribution is -2.24. The number of nitrogens with one attached hydrogen (secondary N) is 1. The molecule has 1 rings (SSSR count). The van der Waals surface area contributed by atoms with E-state index < -0.39 is 0 Å². The minimum absolute atomic E-state index is 0.545. The molecule has 84 valence electrons. The van der Waals surface area contributed by atoms with Crippen LogP contribution in [0.2, 0.25) is 0 Å². The number of benzene rings is 1. The quantitative estimate of drug-likeness (QED) is 0.842. The van der Waals surface area contributed by atoms with Gasteiger partial charge in [0.25, 0.3) is 0 Å². The fraction of sp³-hybridized carbons (Fsp3) is 0.538. The Morgan fingerprint density at radius 2 is 2.00 bits per heavy atom. The maximum atomic E-state index is 3.62. The van der Waals surface area contributed by atoms with Crippen LogP contribution in [0, 0.1) is 12.8 Å². The normalized spacial score (nSPS) is 12.9. The topological polar surface area (TPSA) is 12.0 Å². The lowest BCUT2D eigenvalue weighted by atomic mass is 10.0. The molecule has 1 atom stereocenters. The van der Waals surface area contributed by atoms with E-state index in [9.17, 15) is 0 Å². The Morgan fingerprint density at radius 1 is 1.33 bits per heavy atom. The van der Waals surface area contributed by atoms with Crippen molar-refractivity contribution in [3.8, 4) is 0 Å². The van der Waals surface area contributed by atoms with E-state index in [0.717, 1.165) is 6.42 Å². The van der Waals surface area contributed by atoms with Gasteiger partial charge in [-0.2, -0.15) is 0 Å². The van der Waals surface area contributed by atoms with Gasteiger partial charge in [-0.3, -0.25) is 0 Å². The highest BCUT2D eigenvalue weighted by Gasteiger charge is 2.12. The van der Waals surface area contributed by atoms with Crippen LogP contribution in [0.1, 0.15) is 32.8 Å². The lowest BCUT2D eigenvalue weighted by Gasteiger charge is -2.23. The van der Waals surface area contributed by atoms with Gasteiger partial charge in [0.2, 0.25) is 0 Å². The third-order valence-electron chi connectivity index (χ3n) is 2.78. The highest BCUT2D eigenvalue weighted by atomic mass is 79.9. The predicted octanol–water partition coefficient (Wildman–Crippen LogP) is 4.60. The molecule has 2 heteroatoms. The first-order valence-corrected chi connectivity index (χ1v) is 6.37. The molecule has 1 nitrogen and oxygen atoms in total. The summed E-state index contributed by atoms with van der Waals surface area (Å²) >= 11 is 3.62. The molecule has 0 saturated heterocycles. The summed E-state index contributed by atoms with van der Waals surface area (Å²) in [7, 11) is 0. The number of halogens is 1. The molecule has 0 spiro atoms. The molecular weight excluding hydrogens is 250 g/mol. The summed E-state index contributed by atoms with van der Waals surface area (Å²) in [5.74, 6) is 0.655. The van der Waals surface area contributed by atoms with E-state index in [4.69, 9.17) is 0 Å². The van der Waals surface area contributed by atoms with Crippen molar-refractivity contribution in [3.05, 3.63) is 28.2 Å². The van der Waals surface area contributed by atoms with Crippen molar-refractivity contribution in [2.75, 3.05) is 5.32 Å². The standard InChI is InChI=1S/C13H20BrN/c1-5-11(9(2)3)15-12-8-6-7-10(4)13(12)14/h6-9,11,15H,5H2,1-4H3. The molecular formula is C13H20BrN. The summed E-state index contributed by atoms with van der Waals surface area (Å²) in [6, 6.07) is 6.88. The third kappa shape index (κ3) is 3.23. The maximum absolute atomic E-state index is 3.62. The number of hydrogen-bond acceptors (Lipinski definition) is 1. The molecule has 0 aliphatic carbocycles. The molecule has 0 saturated carbocycles. The molecule has 15 heavy (non-hydrogen) atoms. The molecule has 0 amide bonds. The second-order valence-electron chi connectivity index (χ2n) is 4.34. The first-order valence-electron chi connectivity index (χ1n) is 5.58. The van der Waals surface area contributed by atoms with Gasteiger partial charge in [-0.15, -0.1) is 0 Å². The van der Waals surface area contributed by atoms with Crippen molar-refractivity contribution in [3.63, 3.8) is 0 Å². The van der Waals surface area contributed by atoms with Crippen molar-refractivity contribution in [2.45, 2.75) is 40.2 Å². The van der Waals surface area contributed by atoms with Gasteiger partial charge in [0.1, 0.15) is 0 Å². The average molecular weight is 270 g/mol. The monoisotopic (exact) mass is 269 g/mol. The Bertz CT molecular complexity index is 320. The highest BCUT2D eigenvalue weighted by molar-refractivity contribution is 9.10. The van der Waals surface area contributed by atoms with Crippen LogP contribution in [-0.4, -0.2) is 6.04 Å². The van der Waals surface area contributed by atoms with Crippen LogP contribution in [0.4, 0.5) is 5.69 Å². The molecule has 0 fully saturated rings. The van der Waals surface area contributed by atoms with Gasteiger partial charge in [-0.1, -0.05) is 32.9 Å². The van der Waals surface area contributed by atoms with Crippen LogP contribution in [-0.2, 0) is 0 Å². The van der Waals surface area contributed by atoms with E-state index in [1.807, 2.05) is 0 Å². The van der Waals surface area contributed by atoms with Gasteiger partial charge in [0, 0.05) is 16.2 Å². The van der Waals surface area contributed by atoms with Crippen LogP contribution in [0.25, 0.3) is 0 Å². The molecule has 0 heterocycles. The van der Waals surface area contributed by atoms with Crippen LogP contribution in [0.3, 0.4) is 0 Å². The van der Waals surface area contributed by atoms with Crippen LogP contribution in [0.15, 0.2) is 22.7 Å². The minimum atomic E-state index is 0.545. The number of hydrogen-bond donors (Lipinski definition) is 1. The summed E-state index contributed by atoms with van der Waals surface area (Å²) in [5, 5.41) is 3.59. The van der Waals surface area contributed by atoms with Gasteiger partial charge >= 0.3 is 0 Å². The summed E-state index contributed by atoms with van der Waals surface area (Å²) < 4.78 is 1.18. The summed E-state index contributed by atoms with van der Waals surface area (Å²) in [6.07, 6.45) is 1.15. The smallest absolute Gasteiger partial charge is 0.0489 e. The molecule has 0 aliphatic heterocycles. The first kappa shape index (κ1) is 12.6. The molecule has 0 radical (unpaired) electrons. The first-order chi connectivity index (χ1) is 7.06. The second-order valence-corrected chi connectivity index (χ2v) is 5.13. The molecule has 1 unspecified atom stereocenters. The second kappa shape index (κ2) is 5.55. The predicted molar refractivity (Wildman–Crippen MR) is 71.4 cm³/mol. The summed E-state index contributed by atoms with van der Waals surface area (Å²) in [6.45, 7) is 8.85. The molecule has 1 aromatic rings. The van der Waals surface area contributed by atoms with Crippen molar-refractivity contribution < 1.29 is 0 Å². The van der Waals surface area contributed by atoms with E-state index in [-0.39, 0.29) is 0 Å². The molecule has 0 aliphatic rings. The van der Waals surface area contributed by atoms with Crippen molar-refractivity contribution in [2.24, 2.45) is 5.92 Å². The fourth-order valence-electron chi connectivity index (χ4n) is 1.70. The molecule has 1 N–H and O–H groups in total. The van der Waals surface area contributed by atoms with E-state index in [2.05, 4.69) is 67.1 Å². The van der Waals surface area contributed by atoms with E-state index in [1.165, 1.54) is 15.7 Å². The lowest BCUT2D eigenvalue weighted by molar-refractivity contribution is 0.511. The molecule has 0 aromatic heterocycles. The van der Waals surface area contributed by atoms with Crippen molar-refractivity contribution >= 4 is 21.6 Å². The zero-order valence-electron chi connectivity index (χ0n) is 9.97. The Morgan fingerprint density at radius 3 is 2.53 bits per heavy atom. The van der Waals surface area contributed by atoms with E-state index >= 15 is 0 Å². The fourth-order valence-corrected chi connectivity index (χ4v) is 2.08. The van der Waals surface area contributed by atoms with Gasteiger partial charge in [0.05, 0.1) is 0 Å². The Kier molecular flexibility index (Phi) is 4.65. The Hall–Kier alpha value is -0.500. The van der Waals surface area contributed by atoms with Gasteiger partial charge in [0.15, 0.2) is 0 Å². The third-order valence-corrected chi connectivity index (χ3v) is 3.83. The van der Waals surface area contributed by atoms with Crippen LogP contribution < -0.4 is 5.32 Å². The number of aryl methyl sites for hydroxylation is 1. The van der Waals surface area contributed by atoms with Crippen LogP contribution in [0.5, 0.6) is 0 Å². The Balaban J connectivity index is 2.84. The van der Waals surface area contributed by atoms with Crippen LogP contribution >= 0.6 is 15.9 Å². The van der Waals surface area contributed by atoms with Gasteiger partial charge in [-0.25, -0.2) is 0 Å². The summed E-state index contributed by atoms with van der Waals surface area (Å²) in [5.41, 5.74) is 2.48. The zero-order valence-corrected chi connectivity index (χ0v) is 11.6. The van der Waals surface area contributed by atoms with E-state index in [0.29, 0.717) is 12.0 Å². The highest BCUT2D eigenvalue weighted by Crippen LogP contribution is 2.27. The van der Waals surface area contributed by atoms with Gasteiger partial charge < -0.3 is 5.32 Å². The SMILES string of the molecule is CCC(Nc1cccc(C)c1Br)C(C)C. The van der Waals surface area contributed by atoms with Crippen molar-refractivity contribution in [1.29, 1.82) is 0 Å². The molecule has 1 aromatic carbocycles. The van der Waals surface area contributed by atoms with E-state index in [1.54, 1.807) is 0 Å². The largest absolute Gasteiger partial charge is 0.381 e. The van der Waals surface area contributed by atoms with Crippen molar-refractivity contribution in [1.82, 2.24) is 0 Å². The number of rotatable bonds is 4.